The van der Waals surface area contributed by atoms with E-state index in [1.54, 1.807) is 18.2 Å². The Bertz CT molecular complexity index is 1070. The van der Waals surface area contributed by atoms with Gasteiger partial charge in [-0.25, -0.2) is 22.8 Å². The molecule has 0 saturated heterocycles. The zero-order valence-electron chi connectivity index (χ0n) is 12.9. The number of hydrogen-bond acceptors (Lipinski definition) is 5. The molecular formula is C17H14FN3O2S. The molecule has 2 heterocycles. The lowest BCUT2D eigenvalue weighted by Gasteiger charge is -2.20. The monoisotopic (exact) mass is 343 g/mol. The average Bonchev–Trinajstić information content (AvgIpc) is 2.95. The van der Waals surface area contributed by atoms with Gasteiger partial charge in [0.25, 0.3) is 0 Å². The van der Waals surface area contributed by atoms with Crippen LogP contribution in [0.2, 0.25) is 0 Å². The van der Waals surface area contributed by atoms with Gasteiger partial charge in [-0.3, -0.25) is 0 Å². The number of sulfone groups is 1. The van der Waals surface area contributed by atoms with E-state index >= 15 is 0 Å². The minimum atomic E-state index is -3.34. The standard InChI is InChI=1S/C17H14FN3O2S/c1-24(22,23)13-4-5-15-14(9-13)17(20-10-19-15)21-7-6-11-2-3-12(18)8-16(11)21/h2-5,8-10H,6-7H2,1H3. The lowest BCUT2D eigenvalue weighted by molar-refractivity contribution is 0.602. The highest BCUT2D eigenvalue weighted by atomic mass is 32.2. The summed E-state index contributed by atoms with van der Waals surface area (Å²) < 4.78 is 37.3. The highest BCUT2D eigenvalue weighted by Crippen LogP contribution is 2.37. The van der Waals surface area contributed by atoms with Gasteiger partial charge in [-0.15, -0.1) is 0 Å². The van der Waals surface area contributed by atoms with E-state index < -0.39 is 9.84 Å². The first-order chi connectivity index (χ1) is 11.4. The maximum absolute atomic E-state index is 13.6. The SMILES string of the molecule is CS(=O)(=O)c1ccc2ncnc(N3CCc4ccc(F)cc43)c2c1. The van der Waals surface area contributed by atoms with Crippen LogP contribution in [0, 0.1) is 5.82 Å². The molecule has 4 rings (SSSR count). The molecule has 0 fully saturated rings. The van der Waals surface area contributed by atoms with Crippen molar-refractivity contribution in [1.29, 1.82) is 0 Å². The second kappa shape index (κ2) is 5.24. The van der Waals surface area contributed by atoms with Crippen LogP contribution in [0.1, 0.15) is 5.56 Å². The first-order valence-electron chi connectivity index (χ1n) is 7.44. The van der Waals surface area contributed by atoms with E-state index in [0.29, 0.717) is 23.3 Å². The van der Waals surface area contributed by atoms with Crippen molar-refractivity contribution in [2.45, 2.75) is 11.3 Å². The number of fused-ring (bicyclic) bond motifs is 2. The van der Waals surface area contributed by atoms with Gasteiger partial charge in [0.15, 0.2) is 9.84 Å². The van der Waals surface area contributed by atoms with E-state index in [0.717, 1.165) is 23.9 Å². The number of hydrogen-bond donors (Lipinski definition) is 0. The summed E-state index contributed by atoms with van der Waals surface area (Å²) in [6.07, 6.45) is 3.39. The van der Waals surface area contributed by atoms with Crippen LogP contribution in [-0.4, -0.2) is 31.2 Å². The normalized spacial score (nSPS) is 14.2. The first kappa shape index (κ1) is 15.0. The zero-order valence-corrected chi connectivity index (χ0v) is 13.7. The number of nitrogens with zero attached hydrogens (tertiary/aromatic N) is 3. The summed E-state index contributed by atoms with van der Waals surface area (Å²) in [7, 11) is -3.34. The molecule has 0 saturated carbocycles. The predicted molar refractivity (Wildman–Crippen MR) is 89.8 cm³/mol. The van der Waals surface area contributed by atoms with Crippen LogP contribution < -0.4 is 4.90 Å². The summed E-state index contributed by atoms with van der Waals surface area (Å²) in [5, 5.41) is 0.637. The topological polar surface area (TPSA) is 63.2 Å². The van der Waals surface area contributed by atoms with Gasteiger partial charge in [-0.05, 0) is 42.3 Å². The van der Waals surface area contributed by atoms with Crippen LogP contribution in [0.15, 0.2) is 47.6 Å². The summed E-state index contributed by atoms with van der Waals surface area (Å²) in [6, 6.07) is 9.48. The molecule has 0 amide bonds. The highest BCUT2D eigenvalue weighted by Gasteiger charge is 2.24. The van der Waals surface area contributed by atoms with E-state index in [1.165, 1.54) is 24.5 Å². The van der Waals surface area contributed by atoms with Crippen LogP contribution in [-0.2, 0) is 16.3 Å². The molecule has 5 nitrogen and oxygen atoms in total. The Kier molecular flexibility index (Phi) is 3.28. The molecule has 24 heavy (non-hydrogen) atoms. The first-order valence-corrected chi connectivity index (χ1v) is 9.33. The Morgan fingerprint density at radius 2 is 1.96 bits per heavy atom. The van der Waals surface area contributed by atoms with Crippen molar-refractivity contribution in [2.75, 3.05) is 17.7 Å². The second-order valence-electron chi connectivity index (χ2n) is 5.82. The minimum Gasteiger partial charge on any atom is -0.325 e. The zero-order chi connectivity index (χ0) is 16.9. The van der Waals surface area contributed by atoms with Crippen LogP contribution in [0.25, 0.3) is 10.9 Å². The van der Waals surface area contributed by atoms with Crippen molar-refractivity contribution in [2.24, 2.45) is 0 Å². The van der Waals surface area contributed by atoms with Crippen LogP contribution >= 0.6 is 0 Å². The van der Waals surface area contributed by atoms with Crippen LogP contribution in [0.4, 0.5) is 15.9 Å². The molecule has 1 aliphatic rings. The summed E-state index contributed by atoms with van der Waals surface area (Å²) in [4.78, 5) is 10.7. The number of rotatable bonds is 2. The van der Waals surface area contributed by atoms with Crippen molar-refractivity contribution in [3.8, 4) is 0 Å². The largest absolute Gasteiger partial charge is 0.325 e. The molecule has 0 unspecified atom stereocenters. The highest BCUT2D eigenvalue weighted by molar-refractivity contribution is 7.90. The smallest absolute Gasteiger partial charge is 0.175 e. The van der Waals surface area contributed by atoms with Gasteiger partial charge >= 0.3 is 0 Å². The Morgan fingerprint density at radius 1 is 1.12 bits per heavy atom. The number of benzene rings is 2. The molecule has 1 aliphatic heterocycles. The van der Waals surface area contributed by atoms with Gasteiger partial charge in [0.2, 0.25) is 0 Å². The van der Waals surface area contributed by atoms with Crippen molar-refractivity contribution < 1.29 is 12.8 Å². The maximum atomic E-state index is 13.6. The quantitative estimate of drug-likeness (QED) is 0.716. The summed E-state index contributed by atoms with van der Waals surface area (Å²) in [5.41, 5.74) is 2.46. The van der Waals surface area contributed by atoms with Gasteiger partial charge in [-0.2, -0.15) is 0 Å². The minimum absolute atomic E-state index is 0.213. The van der Waals surface area contributed by atoms with Crippen molar-refractivity contribution in [3.63, 3.8) is 0 Å². The number of anilines is 2. The van der Waals surface area contributed by atoms with Crippen molar-refractivity contribution in [1.82, 2.24) is 9.97 Å². The summed E-state index contributed by atoms with van der Waals surface area (Å²) >= 11 is 0. The van der Waals surface area contributed by atoms with Gasteiger partial charge < -0.3 is 4.90 Å². The maximum Gasteiger partial charge on any atom is 0.175 e. The van der Waals surface area contributed by atoms with E-state index in [9.17, 15) is 12.8 Å². The Labute approximate surface area is 138 Å². The lowest BCUT2D eigenvalue weighted by atomic mass is 10.1. The molecule has 0 atom stereocenters. The Balaban J connectivity index is 1.94. The third-order valence-corrected chi connectivity index (χ3v) is 5.32. The summed E-state index contributed by atoms with van der Waals surface area (Å²) in [5.74, 6) is 0.283. The molecule has 0 spiro atoms. The molecule has 3 aromatic rings. The molecule has 122 valence electrons. The van der Waals surface area contributed by atoms with Gasteiger partial charge in [0.05, 0.1) is 10.4 Å². The van der Waals surface area contributed by atoms with Gasteiger partial charge in [0, 0.05) is 23.9 Å². The van der Waals surface area contributed by atoms with Crippen LogP contribution in [0.5, 0.6) is 0 Å². The van der Waals surface area contributed by atoms with Crippen molar-refractivity contribution in [3.05, 3.63) is 54.1 Å². The van der Waals surface area contributed by atoms with E-state index in [4.69, 9.17) is 0 Å². The third kappa shape index (κ3) is 2.41. The van der Waals surface area contributed by atoms with Gasteiger partial charge in [-0.1, -0.05) is 6.07 Å². The van der Waals surface area contributed by atoms with Gasteiger partial charge in [0.1, 0.15) is 18.0 Å². The number of halogens is 1. The summed E-state index contributed by atoms with van der Waals surface area (Å²) in [6.45, 7) is 0.661. The van der Waals surface area contributed by atoms with Crippen molar-refractivity contribution >= 4 is 32.2 Å². The molecule has 2 aromatic carbocycles. The molecular weight excluding hydrogens is 329 g/mol. The van der Waals surface area contributed by atoms with E-state index in [1.807, 2.05) is 4.90 Å². The molecule has 0 aliphatic carbocycles. The number of aromatic nitrogens is 2. The Hall–Kier alpha value is -2.54. The van der Waals surface area contributed by atoms with Crippen LogP contribution in [0.3, 0.4) is 0 Å². The molecule has 0 radical (unpaired) electrons. The second-order valence-corrected chi connectivity index (χ2v) is 7.84. The fraction of sp³-hybridized carbons (Fsp3) is 0.176. The average molecular weight is 343 g/mol. The molecule has 0 bridgehead atoms. The molecule has 0 N–H and O–H groups in total. The van der Waals surface area contributed by atoms with E-state index in [-0.39, 0.29) is 10.7 Å². The predicted octanol–water partition coefficient (Wildman–Crippen LogP) is 2.87. The van der Waals surface area contributed by atoms with E-state index in [2.05, 4.69) is 9.97 Å². The fourth-order valence-electron chi connectivity index (χ4n) is 3.04. The fourth-order valence-corrected chi connectivity index (χ4v) is 3.69. The molecule has 7 heteroatoms. The Morgan fingerprint density at radius 3 is 2.75 bits per heavy atom. The third-order valence-electron chi connectivity index (χ3n) is 4.21. The lowest BCUT2D eigenvalue weighted by Crippen LogP contribution is -2.15. The molecule has 1 aromatic heterocycles.